The minimum absolute atomic E-state index is 0.116. The number of halogens is 1. The summed E-state index contributed by atoms with van der Waals surface area (Å²) in [7, 11) is 4.11. The highest BCUT2D eigenvalue weighted by atomic mass is 19.1. The SMILES string of the molecule is CCN(C)C.Cc1ccc(C=O)c(F)c1. The maximum atomic E-state index is 12.6. The summed E-state index contributed by atoms with van der Waals surface area (Å²) in [4.78, 5) is 12.2. The number of hydrogen-bond donors (Lipinski definition) is 0. The van der Waals surface area contributed by atoms with Crippen LogP contribution in [0.4, 0.5) is 4.39 Å². The van der Waals surface area contributed by atoms with Gasteiger partial charge < -0.3 is 4.90 Å². The highest BCUT2D eigenvalue weighted by Crippen LogP contribution is 2.06. The summed E-state index contributed by atoms with van der Waals surface area (Å²) >= 11 is 0. The maximum absolute atomic E-state index is 12.6. The van der Waals surface area contributed by atoms with Gasteiger partial charge in [0, 0.05) is 0 Å². The second-order valence-corrected chi connectivity index (χ2v) is 3.54. The van der Waals surface area contributed by atoms with Crippen LogP contribution in [0.2, 0.25) is 0 Å². The van der Waals surface area contributed by atoms with Crippen molar-refractivity contribution < 1.29 is 9.18 Å². The van der Waals surface area contributed by atoms with Crippen LogP contribution in [0.3, 0.4) is 0 Å². The number of carbonyl (C=O) groups is 1. The third-order valence-electron chi connectivity index (χ3n) is 1.92. The fourth-order valence-corrected chi connectivity index (χ4v) is 0.728. The number of nitrogens with zero attached hydrogens (tertiary/aromatic N) is 1. The van der Waals surface area contributed by atoms with Gasteiger partial charge in [0.25, 0.3) is 0 Å². The summed E-state index contributed by atoms with van der Waals surface area (Å²) in [5.74, 6) is -0.449. The van der Waals surface area contributed by atoms with Gasteiger partial charge in [-0.25, -0.2) is 4.39 Å². The lowest BCUT2D eigenvalue weighted by Crippen LogP contribution is -2.08. The Morgan fingerprint density at radius 2 is 1.93 bits per heavy atom. The van der Waals surface area contributed by atoms with Gasteiger partial charge in [-0.1, -0.05) is 13.0 Å². The van der Waals surface area contributed by atoms with E-state index in [-0.39, 0.29) is 5.56 Å². The molecule has 3 heteroatoms. The molecule has 1 rings (SSSR count). The third-order valence-corrected chi connectivity index (χ3v) is 1.92. The molecule has 0 spiro atoms. The Labute approximate surface area is 90.7 Å². The summed E-state index contributed by atoms with van der Waals surface area (Å²) in [6.07, 6.45) is 0.509. The Hall–Kier alpha value is -1.22. The highest BCUT2D eigenvalue weighted by Gasteiger charge is 1.98. The van der Waals surface area contributed by atoms with Crippen LogP contribution in [0.25, 0.3) is 0 Å². The summed E-state index contributed by atoms with van der Waals surface area (Å²) in [6, 6.07) is 4.51. The molecule has 1 aromatic carbocycles. The van der Waals surface area contributed by atoms with E-state index in [1.54, 1.807) is 13.0 Å². The van der Waals surface area contributed by atoms with E-state index in [9.17, 15) is 9.18 Å². The van der Waals surface area contributed by atoms with Gasteiger partial charge in [-0.15, -0.1) is 0 Å². The molecule has 15 heavy (non-hydrogen) atoms. The van der Waals surface area contributed by atoms with Crippen molar-refractivity contribution in [3.05, 3.63) is 35.1 Å². The highest BCUT2D eigenvalue weighted by molar-refractivity contribution is 5.75. The van der Waals surface area contributed by atoms with Crippen molar-refractivity contribution in [2.45, 2.75) is 13.8 Å². The fraction of sp³-hybridized carbons (Fsp3) is 0.417. The predicted octanol–water partition coefficient (Wildman–Crippen LogP) is 2.51. The Morgan fingerprint density at radius 1 is 1.40 bits per heavy atom. The normalized spacial score (nSPS) is 9.47. The van der Waals surface area contributed by atoms with E-state index in [1.165, 1.54) is 12.1 Å². The maximum Gasteiger partial charge on any atom is 0.152 e. The molecule has 0 N–H and O–H groups in total. The molecule has 0 aliphatic rings. The minimum atomic E-state index is -0.449. The average Bonchev–Trinajstić information content (AvgIpc) is 2.19. The molecule has 0 fully saturated rings. The third kappa shape index (κ3) is 5.96. The van der Waals surface area contributed by atoms with Crippen LogP contribution >= 0.6 is 0 Å². The first kappa shape index (κ1) is 13.8. The van der Waals surface area contributed by atoms with Crippen LogP contribution in [-0.4, -0.2) is 31.8 Å². The van der Waals surface area contributed by atoms with Crippen molar-refractivity contribution in [1.82, 2.24) is 4.90 Å². The zero-order valence-corrected chi connectivity index (χ0v) is 9.75. The Bertz CT molecular complexity index is 310. The van der Waals surface area contributed by atoms with Gasteiger partial charge in [0.15, 0.2) is 6.29 Å². The molecular formula is C12H18FNO. The monoisotopic (exact) mass is 211 g/mol. The molecule has 0 aromatic heterocycles. The number of hydrogen-bond acceptors (Lipinski definition) is 2. The Balaban J connectivity index is 0.000000336. The first-order chi connectivity index (χ1) is 7.01. The van der Waals surface area contributed by atoms with Gasteiger partial charge in [0.1, 0.15) is 5.82 Å². The quantitative estimate of drug-likeness (QED) is 0.700. The molecule has 1 aromatic rings. The lowest BCUT2D eigenvalue weighted by Gasteiger charge is -2.00. The standard InChI is InChI=1S/C8H7FO.C4H11N/c1-6-2-3-7(5-10)8(9)4-6;1-4-5(2)3/h2-5H,1H3;4H2,1-3H3. The summed E-state index contributed by atoms with van der Waals surface area (Å²) < 4.78 is 12.6. The van der Waals surface area contributed by atoms with E-state index in [4.69, 9.17) is 0 Å². The first-order valence-corrected chi connectivity index (χ1v) is 4.87. The zero-order chi connectivity index (χ0) is 11.8. The second-order valence-electron chi connectivity index (χ2n) is 3.54. The van der Waals surface area contributed by atoms with Crippen molar-refractivity contribution in [2.75, 3.05) is 20.6 Å². The zero-order valence-electron chi connectivity index (χ0n) is 9.75. The number of rotatable bonds is 2. The van der Waals surface area contributed by atoms with Gasteiger partial charge in [-0.2, -0.15) is 0 Å². The van der Waals surface area contributed by atoms with Crippen molar-refractivity contribution in [3.63, 3.8) is 0 Å². The molecule has 2 nitrogen and oxygen atoms in total. The summed E-state index contributed by atoms with van der Waals surface area (Å²) in [5.41, 5.74) is 0.939. The first-order valence-electron chi connectivity index (χ1n) is 4.87. The number of aldehydes is 1. The van der Waals surface area contributed by atoms with E-state index in [2.05, 4.69) is 25.9 Å². The fourth-order valence-electron chi connectivity index (χ4n) is 0.728. The number of carbonyl (C=O) groups excluding carboxylic acids is 1. The van der Waals surface area contributed by atoms with Crippen molar-refractivity contribution >= 4 is 6.29 Å². The van der Waals surface area contributed by atoms with Crippen LogP contribution in [0, 0.1) is 12.7 Å². The Morgan fingerprint density at radius 3 is 2.27 bits per heavy atom. The number of benzene rings is 1. The molecular weight excluding hydrogens is 193 g/mol. The van der Waals surface area contributed by atoms with Crippen LogP contribution in [0.1, 0.15) is 22.8 Å². The largest absolute Gasteiger partial charge is 0.310 e. The van der Waals surface area contributed by atoms with E-state index in [0.29, 0.717) is 6.29 Å². The molecule has 0 heterocycles. The molecule has 0 radical (unpaired) electrons. The van der Waals surface area contributed by atoms with Crippen molar-refractivity contribution in [3.8, 4) is 0 Å². The molecule has 0 aliphatic carbocycles. The van der Waals surface area contributed by atoms with E-state index in [1.807, 2.05) is 0 Å². The second kappa shape index (κ2) is 7.12. The van der Waals surface area contributed by atoms with Crippen LogP contribution < -0.4 is 0 Å². The van der Waals surface area contributed by atoms with Gasteiger partial charge in [0.2, 0.25) is 0 Å². The molecule has 0 amide bonds. The van der Waals surface area contributed by atoms with Gasteiger partial charge in [-0.3, -0.25) is 4.79 Å². The molecule has 0 saturated carbocycles. The van der Waals surface area contributed by atoms with Gasteiger partial charge in [-0.05, 0) is 45.3 Å². The van der Waals surface area contributed by atoms with E-state index in [0.717, 1.165) is 12.1 Å². The smallest absolute Gasteiger partial charge is 0.152 e. The molecule has 0 unspecified atom stereocenters. The minimum Gasteiger partial charge on any atom is -0.310 e. The van der Waals surface area contributed by atoms with Crippen molar-refractivity contribution in [2.24, 2.45) is 0 Å². The van der Waals surface area contributed by atoms with E-state index < -0.39 is 5.82 Å². The van der Waals surface area contributed by atoms with Gasteiger partial charge >= 0.3 is 0 Å². The Kier molecular flexibility index (Phi) is 6.54. The molecule has 0 aliphatic heterocycles. The lowest BCUT2D eigenvalue weighted by atomic mass is 10.1. The van der Waals surface area contributed by atoms with Crippen LogP contribution in [0.5, 0.6) is 0 Å². The van der Waals surface area contributed by atoms with Crippen molar-refractivity contribution in [1.29, 1.82) is 0 Å². The average molecular weight is 211 g/mol. The van der Waals surface area contributed by atoms with E-state index >= 15 is 0 Å². The number of aryl methyl sites for hydroxylation is 1. The summed E-state index contributed by atoms with van der Waals surface area (Å²) in [6.45, 7) is 5.04. The molecule has 84 valence electrons. The van der Waals surface area contributed by atoms with Crippen LogP contribution in [0.15, 0.2) is 18.2 Å². The van der Waals surface area contributed by atoms with Gasteiger partial charge in [0.05, 0.1) is 5.56 Å². The lowest BCUT2D eigenvalue weighted by molar-refractivity contribution is 0.112. The molecule has 0 atom stereocenters. The topological polar surface area (TPSA) is 20.3 Å². The van der Waals surface area contributed by atoms with Crippen LogP contribution in [-0.2, 0) is 0 Å². The molecule has 0 saturated heterocycles. The summed E-state index contributed by atoms with van der Waals surface area (Å²) in [5, 5.41) is 0. The predicted molar refractivity (Wildman–Crippen MR) is 60.8 cm³/mol. The molecule has 0 bridgehead atoms.